The van der Waals surface area contributed by atoms with Crippen molar-refractivity contribution in [1.82, 2.24) is 0 Å². The molecule has 2 aromatic carbocycles. The smallest absolute Gasteiger partial charge is 0.258 e. The van der Waals surface area contributed by atoms with Crippen LogP contribution in [0, 0.1) is 11.6 Å². The number of carbonyl (C=O) groups is 1. The van der Waals surface area contributed by atoms with E-state index in [4.69, 9.17) is 5.11 Å². The highest BCUT2D eigenvalue weighted by molar-refractivity contribution is 9.10. The summed E-state index contributed by atoms with van der Waals surface area (Å²) in [6.07, 6.45) is 0. The predicted molar refractivity (Wildman–Crippen MR) is 70.1 cm³/mol. The van der Waals surface area contributed by atoms with Crippen LogP contribution in [0.4, 0.5) is 14.5 Å². The van der Waals surface area contributed by atoms with Gasteiger partial charge in [-0.2, -0.15) is 0 Å². The number of aromatic hydroxyl groups is 1. The molecule has 3 nitrogen and oxygen atoms in total. The molecular formula is C13H8BrF2NO2. The topological polar surface area (TPSA) is 49.3 Å². The van der Waals surface area contributed by atoms with Gasteiger partial charge in [0.2, 0.25) is 0 Å². The standard InChI is InChI=1S/C13H8BrF2NO2/c14-10-4-1-7(15)5-12(10)17-13(19)9-3-2-8(18)6-11(9)16/h1-6,18H,(H,17,19). The number of anilines is 1. The summed E-state index contributed by atoms with van der Waals surface area (Å²) in [5.74, 6) is -2.39. The summed E-state index contributed by atoms with van der Waals surface area (Å²) in [5.41, 5.74) is -0.0496. The van der Waals surface area contributed by atoms with Crippen LogP contribution in [0.25, 0.3) is 0 Å². The number of rotatable bonds is 2. The third-order valence-electron chi connectivity index (χ3n) is 2.37. The highest BCUT2D eigenvalue weighted by atomic mass is 79.9. The van der Waals surface area contributed by atoms with Crippen LogP contribution in [-0.2, 0) is 0 Å². The van der Waals surface area contributed by atoms with E-state index in [1.54, 1.807) is 0 Å². The van der Waals surface area contributed by atoms with Gasteiger partial charge in [-0.1, -0.05) is 0 Å². The van der Waals surface area contributed by atoms with Gasteiger partial charge in [0.25, 0.3) is 5.91 Å². The average Bonchev–Trinajstić information content (AvgIpc) is 2.33. The zero-order valence-electron chi connectivity index (χ0n) is 9.45. The molecule has 0 spiro atoms. The summed E-state index contributed by atoms with van der Waals surface area (Å²) < 4.78 is 27.0. The Labute approximate surface area is 116 Å². The van der Waals surface area contributed by atoms with E-state index in [9.17, 15) is 13.6 Å². The summed E-state index contributed by atoms with van der Waals surface area (Å²) in [5, 5.41) is 11.4. The van der Waals surface area contributed by atoms with Crippen molar-refractivity contribution >= 4 is 27.5 Å². The van der Waals surface area contributed by atoms with Crippen molar-refractivity contribution in [2.75, 3.05) is 5.32 Å². The Balaban J connectivity index is 2.28. The molecule has 1 amide bonds. The second kappa shape index (κ2) is 5.36. The van der Waals surface area contributed by atoms with Gasteiger partial charge in [0.1, 0.15) is 17.4 Å². The Morgan fingerprint density at radius 1 is 1.16 bits per heavy atom. The first kappa shape index (κ1) is 13.5. The van der Waals surface area contributed by atoms with E-state index in [2.05, 4.69) is 21.2 Å². The highest BCUT2D eigenvalue weighted by Crippen LogP contribution is 2.24. The van der Waals surface area contributed by atoms with E-state index in [0.717, 1.165) is 18.2 Å². The molecule has 0 aliphatic rings. The number of phenols is 1. The minimum atomic E-state index is -0.856. The van der Waals surface area contributed by atoms with Crippen molar-refractivity contribution < 1.29 is 18.7 Å². The van der Waals surface area contributed by atoms with Gasteiger partial charge < -0.3 is 10.4 Å². The Hall–Kier alpha value is -1.95. The van der Waals surface area contributed by atoms with E-state index >= 15 is 0 Å². The fraction of sp³-hybridized carbons (Fsp3) is 0. The molecule has 0 bridgehead atoms. The molecule has 19 heavy (non-hydrogen) atoms. The Morgan fingerprint density at radius 2 is 1.89 bits per heavy atom. The lowest BCUT2D eigenvalue weighted by atomic mass is 10.2. The van der Waals surface area contributed by atoms with Crippen molar-refractivity contribution in [2.24, 2.45) is 0 Å². The number of amides is 1. The molecule has 0 unspecified atom stereocenters. The molecule has 0 atom stereocenters. The molecular weight excluding hydrogens is 320 g/mol. The van der Waals surface area contributed by atoms with Crippen molar-refractivity contribution in [1.29, 1.82) is 0 Å². The fourth-order valence-corrected chi connectivity index (χ4v) is 1.82. The van der Waals surface area contributed by atoms with Crippen LogP contribution < -0.4 is 5.32 Å². The summed E-state index contributed by atoms with van der Waals surface area (Å²) >= 11 is 3.15. The lowest BCUT2D eigenvalue weighted by Crippen LogP contribution is -2.14. The van der Waals surface area contributed by atoms with E-state index in [0.29, 0.717) is 4.47 Å². The summed E-state index contributed by atoms with van der Waals surface area (Å²) in [6, 6.07) is 6.93. The largest absolute Gasteiger partial charge is 0.508 e. The van der Waals surface area contributed by atoms with Crippen LogP contribution in [0.5, 0.6) is 5.75 Å². The zero-order valence-corrected chi connectivity index (χ0v) is 11.0. The van der Waals surface area contributed by atoms with E-state index in [-0.39, 0.29) is 17.0 Å². The molecule has 0 radical (unpaired) electrons. The minimum absolute atomic E-state index is 0.192. The zero-order chi connectivity index (χ0) is 14.0. The Bertz CT molecular complexity index is 647. The molecule has 2 N–H and O–H groups in total. The molecule has 0 heterocycles. The van der Waals surface area contributed by atoms with E-state index < -0.39 is 17.5 Å². The van der Waals surface area contributed by atoms with Gasteiger partial charge in [0, 0.05) is 10.5 Å². The van der Waals surface area contributed by atoms with Crippen molar-refractivity contribution in [3.63, 3.8) is 0 Å². The highest BCUT2D eigenvalue weighted by Gasteiger charge is 2.14. The van der Waals surface area contributed by atoms with Crippen LogP contribution in [-0.4, -0.2) is 11.0 Å². The number of nitrogens with one attached hydrogen (secondary N) is 1. The molecule has 2 rings (SSSR count). The molecule has 2 aromatic rings. The molecule has 0 saturated carbocycles. The van der Waals surface area contributed by atoms with Crippen LogP contribution in [0.2, 0.25) is 0 Å². The van der Waals surface area contributed by atoms with Gasteiger partial charge in [-0.3, -0.25) is 4.79 Å². The number of carbonyl (C=O) groups excluding carboxylic acids is 1. The summed E-state index contributed by atoms with van der Waals surface area (Å²) in [6.45, 7) is 0. The fourth-order valence-electron chi connectivity index (χ4n) is 1.47. The summed E-state index contributed by atoms with van der Waals surface area (Å²) in [4.78, 5) is 11.8. The maximum absolute atomic E-state index is 13.5. The SMILES string of the molecule is O=C(Nc1cc(F)ccc1Br)c1ccc(O)cc1F. The van der Waals surface area contributed by atoms with Crippen LogP contribution in [0.15, 0.2) is 40.9 Å². The Kier molecular flexibility index (Phi) is 3.80. The second-order valence-electron chi connectivity index (χ2n) is 3.74. The van der Waals surface area contributed by atoms with Gasteiger partial charge in [-0.05, 0) is 46.3 Å². The number of phenolic OH excluding ortho intramolecular Hbond substituents is 1. The van der Waals surface area contributed by atoms with E-state index in [1.165, 1.54) is 18.2 Å². The minimum Gasteiger partial charge on any atom is -0.508 e. The molecule has 6 heteroatoms. The molecule has 0 aliphatic carbocycles. The molecule has 0 saturated heterocycles. The number of benzene rings is 2. The van der Waals surface area contributed by atoms with Crippen molar-refractivity contribution in [3.8, 4) is 5.75 Å². The normalized spacial score (nSPS) is 10.3. The van der Waals surface area contributed by atoms with Crippen molar-refractivity contribution in [2.45, 2.75) is 0 Å². The first-order valence-corrected chi connectivity index (χ1v) is 6.01. The van der Waals surface area contributed by atoms with Crippen LogP contribution in [0.3, 0.4) is 0 Å². The Morgan fingerprint density at radius 3 is 2.58 bits per heavy atom. The maximum atomic E-state index is 13.5. The number of hydrogen-bond acceptors (Lipinski definition) is 2. The maximum Gasteiger partial charge on any atom is 0.258 e. The molecule has 98 valence electrons. The average molecular weight is 328 g/mol. The molecule has 0 aromatic heterocycles. The molecule has 0 fully saturated rings. The first-order valence-electron chi connectivity index (χ1n) is 5.22. The summed E-state index contributed by atoms with van der Waals surface area (Å²) in [7, 11) is 0. The lowest BCUT2D eigenvalue weighted by molar-refractivity contribution is 0.102. The van der Waals surface area contributed by atoms with Crippen LogP contribution >= 0.6 is 15.9 Å². The van der Waals surface area contributed by atoms with Gasteiger partial charge >= 0.3 is 0 Å². The second-order valence-corrected chi connectivity index (χ2v) is 4.60. The van der Waals surface area contributed by atoms with Crippen molar-refractivity contribution in [3.05, 3.63) is 58.1 Å². The quantitative estimate of drug-likeness (QED) is 0.883. The third kappa shape index (κ3) is 3.08. The first-order chi connectivity index (χ1) is 8.97. The van der Waals surface area contributed by atoms with Gasteiger partial charge in [-0.25, -0.2) is 8.78 Å². The van der Waals surface area contributed by atoms with Gasteiger partial charge in [0.15, 0.2) is 0 Å². The molecule has 0 aliphatic heterocycles. The van der Waals surface area contributed by atoms with Gasteiger partial charge in [0.05, 0.1) is 11.3 Å². The monoisotopic (exact) mass is 327 g/mol. The third-order valence-corrected chi connectivity index (χ3v) is 3.07. The number of halogens is 3. The predicted octanol–water partition coefficient (Wildman–Crippen LogP) is 3.69. The number of hydrogen-bond donors (Lipinski definition) is 2. The van der Waals surface area contributed by atoms with Gasteiger partial charge in [-0.15, -0.1) is 0 Å². The lowest BCUT2D eigenvalue weighted by Gasteiger charge is -2.08. The van der Waals surface area contributed by atoms with E-state index in [1.807, 2.05) is 0 Å². The van der Waals surface area contributed by atoms with Crippen LogP contribution in [0.1, 0.15) is 10.4 Å².